The number of sulfone groups is 1. The average Bonchev–Trinajstić information content (AvgIpc) is 3.07. The number of ketones is 2. The minimum absolute atomic E-state index is 0.0554. The Balaban J connectivity index is 2.07. The third-order valence-corrected chi connectivity index (χ3v) is 9.53. The van der Waals surface area contributed by atoms with Crippen LogP contribution in [0.2, 0.25) is 0 Å². The Hall–Kier alpha value is -2.79. The molecule has 0 aromatic heterocycles. The summed E-state index contributed by atoms with van der Waals surface area (Å²) < 4.78 is 29.0. The monoisotopic (exact) mass is 490 g/mol. The Bertz CT molecular complexity index is 1360. The highest BCUT2D eigenvalue weighted by molar-refractivity contribution is 7.91. The summed E-state index contributed by atoms with van der Waals surface area (Å²) in [5.74, 6) is 0.111. The van der Waals surface area contributed by atoms with Crippen LogP contribution >= 0.6 is 0 Å². The largest absolute Gasteiger partial charge is 0.295 e. The maximum atomic E-state index is 14.5. The number of aryl methyl sites for hydroxylation is 2. The number of Topliss-reactive ketones (excluding diaryl/α,β-unsaturated/α-hetero) is 2. The van der Waals surface area contributed by atoms with Crippen LogP contribution in [-0.4, -0.2) is 20.0 Å². The summed E-state index contributed by atoms with van der Waals surface area (Å²) in [7, 11) is -3.99. The summed E-state index contributed by atoms with van der Waals surface area (Å²) in [5.41, 5.74) is 4.84. The molecule has 184 valence electrons. The summed E-state index contributed by atoms with van der Waals surface area (Å²) in [6.07, 6.45) is 0.722. The summed E-state index contributed by atoms with van der Waals surface area (Å²) in [5, 5.41) is 0. The van der Waals surface area contributed by atoms with Gasteiger partial charge in [-0.2, -0.15) is 0 Å². The molecule has 0 aliphatic heterocycles. The van der Waals surface area contributed by atoms with Gasteiger partial charge in [0.2, 0.25) is 9.84 Å². The van der Waals surface area contributed by atoms with Gasteiger partial charge >= 0.3 is 0 Å². The van der Waals surface area contributed by atoms with Crippen molar-refractivity contribution in [2.75, 3.05) is 0 Å². The number of carbonyl (C=O) groups is 2. The highest BCUT2D eigenvalue weighted by Gasteiger charge is 2.42. The van der Waals surface area contributed by atoms with E-state index >= 15 is 0 Å². The zero-order valence-electron chi connectivity index (χ0n) is 21.9. The molecule has 0 fully saturated rings. The van der Waals surface area contributed by atoms with Gasteiger partial charge in [-0.1, -0.05) is 52.0 Å². The maximum Gasteiger partial charge on any atom is 0.207 e. The predicted molar refractivity (Wildman–Crippen MR) is 140 cm³/mol. The molecule has 2 aromatic carbocycles. The van der Waals surface area contributed by atoms with Crippen LogP contribution in [-0.2, 0) is 19.4 Å². The van der Waals surface area contributed by atoms with E-state index in [9.17, 15) is 18.0 Å². The molecule has 0 N–H and O–H groups in total. The minimum Gasteiger partial charge on any atom is -0.295 e. The maximum absolute atomic E-state index is 14.5. The highest BCUT2D eigenvalue weighted by atomic mass is 32.2. The molecule has 0 spiro atoms. The number of rotatable bonds is 4. The average molecular weight is 491 g/mol. The summed E-state index contributed by atoms with van der Waals surface area (Å²) in [6.45, 7) is 15.4. The molecule has 4 rings (SSSR count). The van der Waals surface area contributed by atoms with E-state index in [1.165, 1.54) is 0 Å². The lowest BCUT2D eigenvalue weighted by Gasteiger charge is -2.28. The zero-order valence-corrected chi connectivity index (χ0v) is 22.7. The first kappa shape index (κ1) is 25.3. The van der Waals surface area contributed by atoms with Crippen LogP contribution in [0.4, 0.5) is 0 Å². The Labute approximate surface area is 209 Å². The molecule has 0 bridgehead atoms. The lowest BCUT2D eigenvalue weighted by atomic mass is 9.80. The zero-order chi connectivity index (χ0) is 26.1. The second kappa shape index (κ2) is 8.12. The Morgan fingerprint density at radius 2 is 0.971 bits per heavy atom. The van der Waals surface area contributed by atoms with Crippen LogP contribution in [0.3, 0.4) is 0 Å². The van der Waals surface area contributed by atoms with E-state index in [2.05, 4.69) is 0 Å². The van der Waals surface area contributed by atoms with Crippen molar-refractivity contribution in [2.24, 2.45) is 10.8 Å². The molecule has 35 heavy (non-hydrogen) atoms. The molecule has 2 aromatic rings. The van der Waals surface area contributed by atoms with E-state index in [-0.39, 0.29) is 21.4 Å². The quantitative estimate of drug-likeness (QED) is 0.479. The van der Waals surface area contributed by atoms with Gasteiger partial charge in [-0.25, -0.2) is 8.42 Å². The summed E-state index contributed by atoms with van der Waals surface area (Å²) in [4.78, 5) is 25.8. The van der Waals surface area contributed by atoms with Crippen molar-refractivity contribution < 1.29 is 18.0 Å². The number of hydrogen-bond acceptors (Lipinski definition) is 4. The van der Waals surface area contributed by atoms with Crippen LogP contribution in [0.5, 0.6) is 0 Å². The van der Waals surface area contributed by atoms with Crippen LogP contribution < -0.4 is 0 Å². The second-order valence-corrected chi connectivity index (χ2v) is 13.3. The van der Waals surface area contributed by atoms with Gasteiger partial charge in [-0.15, -0.1) is 0 Å². The van der Waals surface area contributed by atoms with Gasteiger partial charge in [0.1, 0.15) is 0 Å². The van der Waals surface area contributed by atoms with Crippen molar-refractivity contribution in [3.63, 3.8) is 0 Å². The van der Waals surface area contributed by atoms with Gasteiger partial charge in [0.05, 0.1) is 9.79 Å². The normalized spacial score (nSPS) is 19.8. The Kier molecular flexibility index (Phi) is 5.87. The molecule has 5 heteroatoms. The second-order valence-electron chi connectivity index (χ2n) is 11.4. The van der Waals surface area contributed by atoms with E-state index in [1.54, 1.807) is 38.1 Å². The van der Waals surface area contributed by atoms with E-state index in [4.69, 9.17) is 0 Å². The predicted octanol–water partition coefficient (Wildman–Crippen LogP) is 6.68. The fourth-order valence-electron chi connectivity index (χ4n) is 6.08. The van der Waals surface area contributed by atoms with Gasteiger partial charge in [0.15, 0.2) is 11.6 Å². The molecule has 0 saturated heterocycles. The lowest BCUT2D eigenvalue weighted by Crippen LogP contribution is -2.17. The highest BCUT2D eigenvalue weighted by Crippen LogP contribution is 2.51. The smallest absolute Gasteiger partial charge is 0.207 e. The molecule has 0 unspecified atom stereocenters. The Morgan fingerprint density at radius 1 is 0.629 bits per heavy atom. The van der Waals surface area contributed by atoms with E-state index < -0.39 is 20.7 Å². The lowest BCUT2D eigenvalue weighted by molar-refractivity contribution is -0.116. The van der Waals surface area contributed by atoms with Gasteiger partial charge in [0.25, 0.3) is 0 Å². The van der Waals surface area contributed by atoms with Gasteiger partial charge in [0, 0.05) is 24.0 Å². The van der Waals surface area contributed by atoms with Crippen LogP contribution in [0.1, 0.15) is 76.6 Å². The molecule has 0 heterocycles. The summed E-state index contributed by atoms with van der Waals surface area (Å²) in [6, 6.07) is 10.6. The van der Waals surface area contributed by atoms with Crippen molar-refractivity contribution >= 4 is 32.5 Å². The molecule has 4 nitrogen and oxygen atoms in total. The van der Waals surface area contributed by atoms with E-state index in [0.717, 1.165) is 22.3 Å². The first-order valence-corrected chi connectivity index (χ1v) is 13.5. The minimum atomic E-state index is -3.99. The van der Waals surface area contributed by atoms with Crippen molar-refractivity contribution in [2.45, 2.75) is 78.0 Å². The summed E-state index contributed by atoms with van der Waals surface area (Å²) >= 11 is 0. The molecule has 0 radical (unpaired) electrons. The topological polar surface area (TPSA) is 68.3 Å². The first-order valence-electron chi connectivity index (χ1n) is 12.1. The molecule has 2 aliphatic rings. The molecule has 0 atom stereocenters. The Morgan fingerprint density at radius 3 is 1.26 bits per heavy atom. The molecular weight excluding hydrogens is 456 g/mol. The molecule has 2 aliphatic carbocycles. The van der Waals surface area contributed by atoms with Gasteiger partial charge in [-0.05, 0) is 84.1 Å². The van der Waals surface area contributed by atoms with Crippen LogP contribution in [0.25, 0.3) is 11.1 Å². The van der Waals surface area contributed by atoms with Crippen molar-refractivity contribution in [1.29, 1.82) is 0 Å². The van der Waals surface area contributed by atoms with Crippen molar-refractivity contribution in [1.82, 2.24) is 0 Å². The molecule has 0 amide bonds. The SMILES string of the molecule is CC1=C(c2c(C)cccc2S(=O)(=O)c2cccc(C)c2C2=C(C)C(=O)CC2(C)C)C(C)(C)CC1=O. The van der Waals surface area contributed by atoms with Crippen LogP contribution in [0, 0.1) is 24.7 Å². The first-order chi connectivity index (χ1) is 16.1. The van der Waals surface area contributed by atoms with Gasteiger partial charge in [-0.3, -0.25) is 9.59 Å². The third kappa shape index (κ3) is 3.85. The standard InChI is InChI=1S/C30H34O4S/c1-17-11-9-13-23(25(17)27-19(3)21(31)15-29(27,5)6)35(33,34)24-14-10-12-18(2)26(24)28-20(4)22(32)16-30(28,7)8/h9-14H,15-16H2,1-8H3. The van der Waals surface area contributed by atoms with E-state index in [0.29, 0.717) is 35.1 Å². The number of benzene rings is 2. The molecule has 0 saturated carbocycles. The number of carbonyl (C=O) groups excluding carboxylic acids is 2. The number of allylic oxidation sites excluding steroid dienone is 4. The van der Waals surface area contributed by atoms with Gasteiger partial charge < -0.3 is 0 Å². The number of hydrogen-bond donors (Lipinski definition) is 0. The third-order valence-electron chi connectivity index (χ3n) is 7.69. The van der Waals surface area contributed by atoms with E-state index in [1.807, 2.05) is 53.7 Å². The van der Waals surface area contributed by atoms with Crippen molar-refractivity contribution in [3.05, 3.63) is 69.8 Å². The fraction of sp³-hybridized carbons (Fsp3) is 0.400. The molecular formula is C30H34O4S. The van der Waals surface area contributed by atoms with Crippen molar-refractivity contribution in [3.8, 4) is 0 Å². The fourth-order valence-corrected chi connectivity index (χ4v) is 7.90. The van der Waals surface area contributed by atoms with Crippen LogP contribution in [0.15, 0.2) is 57.3 Å².